The molecule has 0 bridgehead atoms. The number of ether oxygens (including phenoxy) is 2. The van der Waals surface area contributed by atoms with E-state index in [1.54, 1.807) is 0 Å². The number of rotatable bonds is 12. The van der Waals surface area contributed by atoms with Gasteiger partial charge in [-0.15, -0.1) is 0 Å². The zero-order chi connectivity index (χ0) is 22.6. The summed E-state index contributed by atoms with van der Waals surface area (Å²) >= 11 is 11.6. The van der Waals surface area contributed by atoms with Crippen molar-refractivity contribution in [2.24, 2.45) is 0 Å². The van der Waals surface area contributed by atoms with E-state index < -0.39 is 11.9 Å². The standard InChI is InChI=1S/C23H26Cl2O6/c24-18-14-16(8-10-20(18)26)22(28)30-12-6-4-2-1-3-5-7-13-31-23(29)17-9-11-21(27)19(25)15-17/h8-11,14-15,26-27H,1-7,12-13H2. The molecule has 2 N–H and O–H groups in total. The van der Waals surface area contributed by atoms with Gasteiger partial charge >= 0.3 is 11.9 Å². The lowest BCUT2D eigenvalue weighted by molar-refractivity contribution is 0.0490. The Morgan fingerprint density at radius 3 is 1.35 bits per heavy atom. The molecule has 168 valence electrons. The third-order valence-corrected chi connectivity index (χ3v) is 5.23. The van der Waals surface area contributed by atoms with E-state index in [0.29, 0.717) is 24.3 Å². The van der Waals surface area contributed by atoms with Gasteiger partial charge in [-0.1, -0.05) is 55.3 Å². The Hall–Kier alpha value is -2.44. The number of carbonyl (C=O) groups is 2. The van der Waals surface area contributed by atoms with Crippen molar-refractivity contribution in [3.63, 3.8) is 0 Å². The second kappa shape index (κ2) is 13.1. The van der Waals surface area contributed by atoms with Gasteiger partial charge in [0.05, 0.1) is 34.4 Å². The van der Waals surface area contributed by atoms with Gasteiger partial charge in [-0.3, -0.25) is 0 Å². The molecule has 0 heterocycles. The molecule has 0 aliphatic heterocycles. The second-order valence-corrected chi connectivity index (χ2v) is 7.89. The third kappa shape index (κ3) is 8.67. The highest BCUT2D eigenvalue weighted by atomic mass is 35.5. The van der Waals surface area contributed by atoms with Crippen LogP contribution >= 0.6 is 23.2 Å². The molecular formula is C23H26Cl2O6. The quantitative estimate of drug-likeness (QED) is 0.286. The van der Waals surface area contributed by atoms with Crippen molar-refractivity contribution < 1.29 is 29.3 Å². The minimum Gasteiger partial charge on any atom is -0.506 e. The summed E-state index contributed by atoms with van der Waals surface area (Å²) in [6, 6.07) is 8.44. The van der Waals surface area contributed by atoms with Crippen LogP contribution in [0.4, 0.5) is 0 Å². The number of phenols is 2. The summed E-state index contributed by atoms with van der Waals surface area (Å²) in [5, 5.41) is 19.0. The van der Waals surface area contributed by atoms with Crippen molar-refractivity contribution in [1.29, 1.82) is 0 Å². The highest BCUT2D eigenvalue weighted by Crippen LogP contribution is 2.25. The molecule has 2 aromatic carbocycles. The lowest BCUT2D eigenvalue weighted by Gasteiger charge is -2.07. The van der Waals surface area contributed by atoms with Crippen LogP contribution in [0.15, 0.2) is 36.4 Å². The summed E-state index contributed by atoms with van der Waals surface area (Å²) in [6.07, 6.45) is 6.61. The minimum absolute atomic E-state index is 0.0707. The van der Waals surface area contributed by atoms with E-state index in [4.69, 9.17) is 32.7 Å². The molecule has 31 heavy (non-hydrogen) atoms. The van der Waals surface area contributed by atoms with Crippen LogP contribution in [0, 0.1) is 0 Å². The molecule has 0 saturated carbocycles. The van der Waals surface area contributed by atoms with Gasteiger partial charge in [-0.25, -0.2) is 9.59 Å². The Bertz CT molecular complexity index is 813. The second-order valence-electron chi connectivity index (χ2n) is 7.08. The highest BCUT2D eigenvalue weighted by molar-refractivity contribution is 6.32. The van der Waals surface area contributed by atoms with E-state index in [0.717, 1.165) is 44.9 Å². The highest BCUT2D eigenvalue weighted by Gasteiger charge is 2.10. The average Bonchev–Trinajstić information content (AvgIpc) is 2.75. The summed E-state index contributed by atoms with van der Waals surface area (Å²) in [5.74, 6) is -1.05. The fourth-order valence-electron chi connectivity index (χ4n) is 2.85. The average molecular weight is 469 g/mol. The van der Waals surface area contributed by atoms with Crippen LogP contribution in [0.5, 0.6) is 11.5 Å². The molecule has 0 aromatic heterocycles. The molecule has 0 radical (unpaired) electrons. The van der Waals surface area contributed by atoms with Crippen LogP contribution in [0.2, 0.25) is 10.0 Å². The minimum atomic E-state index is -0.453. The summed E-state index contributed by atoms with van der Waals surface area (Å²) < 4.78 is 10.4. The first-order valence-corrected chi connectivity index (χ1v) is 11.0. The maximum atomic E-state index is 11.9. The summed E-state index contributed by atoms with van der Waals surface area (Å²) in [6.45, 7) is 0.684. The van der Waals surface area contributed by atoms with Gasteiger partial charge in [0.15, 0.2) is 0 Å². The van der Waals surface area contributed by atoms with Crippen molar-refractivity contribution in [1.82, 2.24) is 0 Å². The number of aromatic hydroxyl groups is 2. The predicted octanol–water partition coefficient (Wildman–Crippen LogP) is 6.15. The van der Waals surface area contributed by atoms with Crippen molar-refractivity contribution in [3.8, 4) is 11.5 Å². The molecule has 0 fully saturated rings. The lowest BCUT2D eigenvalue weighted by Crippen LogP contribution is -2.06. The number of halogens is 2. The van der Waals surface area contributed by atoms with Crippen molar-refractivity contribution in [3.05, 3.63) is 57.6 Å². The first-order chi connectivity index (χ1) is 14.9. The third-order valence-electron chi connectivity index (χ3n) is 4.62. The van der Waals surface area contributed by atoms with Gasteiger partial charge in [-0.05, 0) is 49.2 Å². The van der Waals surface area contributed by atoms with Crippen molar-refractivity contribution in [2.45, 2.75) is 44.9 Å². The van der Waals surface area contributed by atoms with Crippen LogP contribution in [0.25, 0.3) is 0 Å². The van der Waals surface area contributed by atoms with Gasteiger partial charge < -0.3 is 19.7 Å². The molecule has 2 rings (SSSR count). The first-order valence-electron chi connectivity index (χ1n) is 10.2. The van der Waals surface area contributed by atoms with Crippen LogP contribution in [0.1, 0.15) is 65.7 Å². The Labute approximate surface area is 191 Å². The van der Waals surface area contributed by atoms with E-state index in [1.807, 2.05) is 0 Å². The summed E-state index contributed by atoms with van der Waals surface area (Å²) in [4.78, 5) is 23.8. The number of hydrogen-bond donors (Lipinski definition) is 2. The first kappa shape index (κ1) is 24.8. The largest absolute Gasteiger partial charge is 0.506 e. The fourth-order valence-corrected chi connectivity index (χ4v) is 3.21. The molecular weight excluding hydrogens is 443 g/mol. The zero-order valence-electron chi connectivity index (χ0n) is 17.1. The molecule has 0 aliphatic carbocycles. The Kier molecular flexibility index (Phi) is 10.5. The number of esters is 2. The number of hydrogen-bond acceptors (Lipinski definition) is 6. The number of carbonyl (C=O) groups excluding carboxylic acids is 2. The normalized spacial score (nSPS) is 10.6. The van der Waals surface area contributed by atoms with E-state index in [1.165, 1.54) is 36.4 Å². The smallest absolute Gasteiger partial charge is 0.338 e. The Morgan fingerprint density at radius 1 is 0.645 bits per heavy atom. The monoisotopic (exact) mass is 468 g/mol. The maximum absolute atomic E-state index is 11.9. The summed E-state index contributed by atoms with van der Waals surface area (Å²) in [5.41, 5.74) is 0.633. The van der Waals surface area contributed by atoms with E-state index in [9.17, 15) is 19.8 Å². The fraction of sp³-hybridized carbons (Fsp3) is 0.391. The zero-order valence-corrected chi connectivity index (χ0v) is 18.6. The molecule has 0 spiro atoms. The van der Waals surface area contributed by atoms with Gasteiger partial charge in [0.1, 0.15) is 11.5 Å². The van der Waals surface area contributed by atoms with Crippen LogP contribution in [-0.4, -0.2) is 35.4 Å². The molecule has 0 atom stereocenters. The van der Waals surface area contributed by atoms with Gasteiger partial charge in [0.2, 0.25) is 0 Å². The van der Waals surface area contributed by atoms with E-state index >= 15 is 0 Å². The molecule has 0 aliphatic rings. The molecule has 6 nitrogen and oxygen atoms in total. The van der Waals surface area contributed by atoms with Crippen LogP contribution < -0.4 is 0 Å². The lowest BCUT2D eigenvalue weighted by atomic mass is 10.1. The molecule has 8 heteroatoms. The van der Waals surface area contributed by atoms with Crippen LogP contribution in [-0.2, 0) is 9.47 Å². The Balaban J connectivity index is 1.46. The summed E-state index contributed by atoms with van der Waals surface area (Å²) in [7, 11) is 0. The van der Waals surface area contributed by atoms with E-state index in [-0.39, 0.29) is 21.5 Å². The topological polar surface area (TPSA) is 93.1 Å². The van der Waals surface area contributed by atoms with Crippen molar-refractivity contribution in [2.75, 3.05) is 13.2 Å². The molecule has 0 amide bonds. The molecule has 2 aromatic rings. The van der Waals surface area contributed by atoms with Gasteiger partial charge in [0.25, 0.3) is 0 Å². The molecule has 0 unspecified atom stereocenters. The molecule has 0 saturated heterocycles. The van der Waals surface area contributed by atoms with Crippen molar-refractivity contribution >= 4 is 35.1 Å². The number of benzene rings is 2. The number of phenolic OH excluding ortho intramolecular Hbond substituents is 2. The predicted molar refractivity (Wildman–Crippen MR) is 119 cm³/mol. The van der Waals surface area contributed by atoms with E-state index in [2.05, 4.69) is 0 Å². The van der Waals surface area contributed by atoms with Gasteiger partial charge in [-0.2, -0.15) is 0 Å². The van der Waals surface area contributed by atoms with Gasteiger partial charge in [0, 0.05) is 0 Å². The SMILES string of the molecule is O=C(OCCCCCCCCCOC(=O)c1ccc(O)c(Cl)c1)c1ccc(O)c(Cl)c1. The Morgan fingerprint density at radius 2 is 1.00 bits per heavy atom. The number of unbranched alkanes of at least 4 members (excludes halogenated alkanes) is 6. The van der Waals surface area contributed by atoms with Crippen LogP contribution in [0.3, 0.4) is 0 Å². The maximum Gasteiger partial charge on any atom is 0.338 e.